The van der Waals surface area contributed by atoms with Crippen molar-refractivity contribution >= 4 is 28.6 Å². The summed E-state index contributed by atoms with van der Waals surface area (Å²) >= 11 is 1.77. The Hall–Kier alpha value is -2.81. The number of piperidine rings is 1. The van der Waals surface area contributed by atoms with Crippen molar-refractivity contribution in [1.82, 2.24) is 9.88 Å². The molecule has 0 radical (unpaired) electrons. The molecule has 0 aliphatic carbocycles. The molecule has 0 spiro atoms. The minimum absolute atomic E-state index is 0.0466. The van der Waals surface area contributed by atoms with Crippen LogP contribution in [0.15, 0.2) is 59.6 Å². The summed E-state index contributed by atoms with van der Waals surface area (Å²) in [6.07, 6.45) is 3.02. The highest BCUT2D eigenvalue weighted by atomic mass is 32.2. The molecule has 1 aliphatic heterocycles. The first-order valence-electron chi connectivity index (χ1n) is 12.3. The lowest BCUT2D eigenvalue weighted by atomic mass is 9.81. The van der Waals surface area contributed by atoms with Gasteiger partial charge < -0.3 is 24.6 Å². The lowest BCUT2D eigenvalue weighted by Gasteiger charge is -2.37. The molecule has 2 aromatic carbocycles. The van der Waals surface area contributed by atoms with Crippen molar-refractivity contribution < 1.29 is 24.5 Å². The number of carboxylic acid groups (broad SMARTS) is 1. The van der Waals surface area contributed by atoms with Crippen molar-refractivity contribution in [3.63, 3.8) is 0 Å². The molecule has 1 fully saturated rings. The van der Waals surface area contributed by atoms with E-state index in [9.17, 15) is 15.0 Å². The van der Waals surface area contributed by atoms with E-state index >= 15 is 0 Å². The molecule has 4 rings (SSSR count). The zero-order chi connectivity index (χ0) is 25.5. The van der Waals surface area contributed by atoms with Crippen molar-refractivity contribution in [2.75, 3.05) is 39.6 Å². The van der Waals surface area contributed by atoms with Crippen LogP contribution in [0.2, 0.25) is 0 Å². The predicted octanol–water partition coefficient (Wildman–Crippen LogP) is 4.88. The first-order valence-corrected chi connectivity index (χ1v) is 13.3. The number of ether oxygens (including phenoxy) is 2. The number of nitrogens with zero attached hydrogens (tertiary/aromatic N) is 2. The minimum atomic E-state index is -0.749. The zero-order valence-electron chi connectivity index (χ0n) is 20.8. The van der Waals surface area contributed by atoms with Crippen LogP contribution in [0.5, 0.6) is 11.5 Å². The molecule has 0 unspecified atom stereocenters. The Balaban J connectivity index is 1.31. The van der Waals surface area contributed by atoms with Gasteiger partial charge in [-0.15, -0.1) is 11.8 Å². The summed E-state index contributed by atoms with van der Waals surface area (Å²) in [5.74, 6) is 1.33. The summed E-state index contributed by atoms with van der Waals surface area (Å²) in [7, 11) is 3.27. The number of carboxylic acids is 1. The molecule has 36 heavy (non-hydrogen) atoms. The number of aliphatic carboxylic acids is 1. The third-order valence-corrected chi connectivity index (χ3v) is 8.04. The number of benzene rings is 2. The molecule has 0 amide bonds. The molecule has 0 saturated carbocycles. The van der Waals surface area contributed by atoms with Gasteiger partial charge >= 0.3 is 5.97 Å². The quantitative estimate of drug-likeness (QED) is 0.353. The molecule has 8 heteroatoms. The molecule has 192 valence electrons. The van der Waals surface area contributed by atoms with Crippen molar-refractivity contribution in [2.45, 2.75) is 30.3 Å². The normalized spacial score (nSPS) is 19.2. The van der Waals surface area contributed by atoms with Gasteiger partial charge in [0.15, 0.2) is 0 Å². The summed E-state index contributed by atoms with van der Waals surface area (Å²) in [5, 5.41) is 21.8. The SMILES string of the molecule is COc1ccc(SCCN2CC[C@@H](CC[C@@H](O)c3ccnc4ccc(OC)cc34)[C@@H](C(=O)O)C2)cc1. The van der Waals surface area contributed by atoms with Crippen LogP contribution in [-0.4, -0.2) is 65.7 Å². The fourth-order valence-electron chi connectivity index (χ4n) is 4.95. The smallest absolute Gasteiger partial charge is 0.308 e. The number of methoxy groups -OCH3 is 2. The number of carbonyl (C=O) groups is 1. The van der Waals surface area contributed by atoms with Crippen LogP contribution in [0.4, 0.5) is 0 Å². The highest BCUT2D eigenvalue weighted by Gasteiger charge is 2.34. The second-order valence-corrected chi connectivity index (χ2v) is 10.4. The van der Waals surface area contributed by atoms with Crippen LogP contribution in [0, 0.1) is 11.8 Å². The fraction of sp³-hybridized carbons (Fsp3) is 0.429. The molecule has 2 N–H and O–H groups in total. The summed E-state index contributed by atoms with van der Waals surface area (Å²) in [6, 6.07) is 15.5. The highest BCUT2D eigenvalue weighted by Crippen LogP contribution is 2.34. The van der Waals surface area contributed by atoms with Gasteiger partial charge in [0, 0.05) is 35.3 Å². The molecule has 1 saturated heterocycles. The van der Waals surface area contributed by atoms with E-state index in [1.54, 1.807) is 32.2 Å². The van der Waals surface area contributed by atoms with E-state index in [0.717, 1.165) is 47.5 Å². The van der Waals surface area contributed by atoms with E-state index in [1.807, 2.05) is 48.5 Å². The first-order chi connectivity index (χ1) is 17.5. The number of rotatable bonds is 11. The molecular weight excluding hydrogens is 476 g/mol. The van der Waals surface area contributed by atoms with Crippen molar-refractivity contribution in [2.24, 2.45) is 11.8 Å². The summed E-state index contributed by atoms with van der Waals surface area (Å²) in [4.78, 5) is 19.9. The van der Waals surface area contributed by atoms with Crippen LogP contribution >= 0.6 is 11.8 Å². The number of likely N-dealkylation sites (tertiary alicyclic amines) is 1. The van der Waals surface area contributed by atoms with Gasteiger partial charge in [-0.25, -0.2) is 0 Å². The number of thioether (sulfide) groups is 1. The lowest BCUT2D eigenvalue weighted by molar-refractivity contribution is -0.146. The Morgan fingerprint density at radius 3 is 2.61 bits per heavy atom. The zero-order valence-corrected chi connectivity index (χ0v) is 21.6. The Bertz CT molecular complexity index is 1160. The summed E-state index contributed by atoms with van der Waals surface area (Å²) in [6.45, 7) is 2.28. The number of pyridine rings is 1. The van der Waals surface area contributed by atoms with E-state index in [2.05, 4.69) is 9.88 Å². The second kappa shape index (κ2) is 12.4. The molecular formula is C28H34N2O5S. The van der Waals surface area contributed by atoms with Gasteiger partial charge in [0.05, 0.1) is 31.8 Å². The predicted molar refractivity (Wildman–Crippen MR) is 142 cm³/mol. The second-order valence-electron chi connectivity index (χ2n) is 9.19. The molecule has 3 aromatic rings. The maximum absolute atomic E-state index is 12.1. The van der Waals surface area contributed by atoms with Gasteiger partial charge in [-0.05, 0) is 85.8 Å². The largest absolute Gasteiger partial charge is 0.497 e. The van der Waals surface area contributed by atoms with Crippen molar-refractivity contribution in [3.05, 3.63) is 60.3 Å². The van der Waals surface area contributed by atoms with E-state index < -0.39 is 18.0 Å². The Kier molecular flexibility index (Phi) is 9.07. The summed E-state index contributed by atoms with van der Waals surface area (Å²) in [5.41, 5.74) is 1.61. The van der Waals surface area contributed by atoms with Crippen LogP contribution < -0.4 is 9.47 Å². The van der Waals surface area contributed by atoms with Gasteiger partial charge in [-0.1, -0.05) is 0 Å². The minimum Gasteiger partial charge on any atom is -0.497 e. The molecule has 3 atom stereocenters. The topological polar surface area (TPSA) is 92.1 Å². The molecule has 0 bridgehead atoms. The van der Waals surface area contributed by atoms with Crippen LogP contribution in [0.3, 0.4) is 0 Å². The third-order valence-electron chi connectivity index (χ3n) is 7.05. The van der Waals surface area contributed by atoms with Crippen LogP contribution in [0.25, 0.3) is 10.9 Å². The monoisotopic (exact) mass is 510 g/mol. The van der Waals surface area contributed by atoms with E-state index in [1.165, 1.54) is 4.90 Å². The molecule has 7 nitrogen and oxygen atoms in total. The van der Waals surface area contributed by atoms with E-state index in [4.69, 9.17) is 9.47 Å². The number of aromatic nitrogens is 1. The third kappa shape index (κ3) is 6.49. The standard InChI is InChI=1S/C28H34N2O5S/c1-34-20-4-7-22(8-5-20)36-16-15-30-14-12-19(25(18-30)28(32)33)3-10-27(31)23-11-13-29-26-9-6-21(35-2)17-24(23)26/h4-9,11,13,17,19,25,27,31H,3,10,12,14-16,18H2,1-2H3,(H,32,33)/t19-,25+,27-/m1/s1. The van der Waals surface area contributed by atoms with Gasteiger partial charge in [-0.3, -0.25) is 9.78 Å². The number of fused-ring (bicyclic) bond motifs is 1. The maximum Gasteiger partial charge on any atom is 0.308 e. The Morgan fingerprint density at radius 1 is 1.14 bits per heavy atom. The van der Waals surface area contributed by atoms with Gasteiger partial charge in [0.1, 0.15) is 11.5 Å². The van der Waals surface area contributed by atoms with E-state index in [-0.39, 0.29) is 5.92 Å². The van der Waals surface area contributed by atoms with Crippen LogP contribution in [0.1, 0.15) is 30.9 Å². The average molecular weight is 511 g/mol. The molecule has 1 aliphatic rings. The van der Waals surface area contributed by atoms with Gasteiger partial charge in [-0.2, -0.15) is 0 Å². The number of aliphatic hydroxyl groups excluding tert-OH is 1. The average Bonchev–Trinajstić information content (AvgIpc) is 2.91. The Morgan fingerprint density at radius 2 is 1.89 bits per heavy atom. The molecule has 1 aromatic heterocycles. The fourth-order valence-corrected chi connectivity index (χ4v) is 5.87. The Labute approximate surface area is 216 Å². The highest BCUT2D eigenvalue weighted by molar-refractivity contribution is 7.99. The lowest BCUT2D eigenvalue weighted by Crippen LogP contribution is -2.44. The van der Waals surface area contributed by atoms with Crippen molar-refractivity contribution in [1.29, 1.82) is 0 Å². The number of aliphatic hydroxyl groups is 1. The van der Waals surface area contributed by atoms with E-state index in [0.29, 0.717) is 25.1 Å². The summed E-state index contributed by atoms with van der Waals surface area (Å²) < 4.78 is 10.5. The van der Waals surface area contributed by atoms with Gasteiger partial charge in [0.2, 0.25) is 0 Å². The number of hydrogen-bond acceptors (Lipinski definition) is 7. The first kappa shape index (κ1) is 26.3. The van der Waals surface area contributed by atoms with Gasteiger partial charge in [0.25, 0.3) is 0 Å². The molecule has 2 heterocycles. The number of hydrogen-bond donors (Lipinski definition) is 2. The maximum atomic E-state index is 12.1. The van der Waals surface area contributed by atoms with Crippen molar-refractivity contribution in [3.8, 4) is 11.5 Å². The van der Waals surface area contributed by atoms with Crippen LogP contribution in [-0.2, 0) is 4.79 Å².